The van der Waals surface area contributed by atoms with Crippen LogP contribution in [0, 0.1) is 6.08 Å². The van der Waals surface area contributed by atoms with Crippen molar-refractivity contribution in [3.63, 3.8) is 0 Å². The Morgan fingerprint density at radius 2 is 1.23 bits per heavy atom. The van der Waals surface area contributed by atoms with Crippen molar-refractivity contribution in [1.29, 1.82) is 0 Å². The predicted molar refractivity (Wildman–Crippen MR) is 175 cm³/mol. The van der Waals surface area contributed by atoms with Crippen LogP contribution in [0.4, 0.5) is 0 Å². The van der Waals surface area contributed by atoms with Gasteiger partial charge >= 0.3 is 41.0 Å². The number of hydrogen-bond donors (Lipinski definition) is 0. The molecule has 0 nitrogen and oxygen atoms in total. The molecule has 40 heavy (non-hydrogen) atoms. The molecular formula is C39H42Hf. The van der Waals surface area contributed by atoms with E-state index in [0.717, 1.165) is 6.42 Å². The molecule has 6 rings (SSSR count). The SMILES string of the molecule is CC(C)(C)c1ccc2c(c1)[cH-]c1cc(C(C)(C)C)ccc12.C[C](C)=[Hf+2].[C-]1=C(c2cccc3ccccc23)C=CC1. The van der Waals surface area contributed by atoms with Crippen LogP contribution >= 0.6 is 0 Å². The summed E-state index contributed by atoms with van der Waals surface area (Å²) in [7, 11) is 0. The normalized spacial score (nSPS) is 13.1. The second-order valence-electron chi connectivity index (χ2n) is 13.0. The van der Waals surface area contributed by atoms with Crippen molar-refractivity contribution in [3.05, 3.63) is 120 Å². The summed E-state index contributed by atoms with van der Waals surface area (Å²) in [6, 6.07) is 31.1. The molecule has 0 aromatic heterocycles. The fourth-order valence-electron chi connectivity index (χ4n) is 5.01. The van der Waals surface area contributed by atoms with E-state index in [9.17, 15) is 0 Å². The molecule has 0 atom stereocenters. The number of hydrogen-bond acceptors (Lipinski definition) is 0. The molecule has 1 heteroatoms. The number of allylic oxidation sites excluding steroid dienone is 4. The van der Waals surface area contributed by atoms with Gasteiger partial charge in [-0.2, -0.15) is 17.7 Å². The van der Waals surface area contributed by atoms with E-state index < -0.39 is 0 Å². The van der Waals surface area contributed by atoms with E-state index in [2.05, 4.69) is 159 Å². The van der Waals surface area contributed by atoms with E-state index in [4.69, 9.17) is 0 Å². The predicted octanol–water partition coefficient (Wildman–Crippen LogP) is 11.0. The Morgan fingerprint density at radius 3 is 1.73 bits per heavy atom. The number of benzene rings is 4. The minimum atomic E-state index is 0.203. The third-order valence-corrected chi connectivity index (χ3v) is 7.21. The fraction of sp³-hybridized carbons (Fsp3) is 0.282. The van der Waals surface area contributed by atoms with E-state index in [1.54, 1.807) is 3.26 Å². The van der Waals surface area contributed by atoms with Crippen molar-refractivity contribution in [2.24, 2.45) is 0 Å². The maximum Gasteiger partial charge on any atom is -0.0301 e. The van der Waals surface area contributed by atoms with Crippen LogP contribution in [0.1, 0.15) is 78.5 Å². The first-order valence-electron chi connectivity index (χ1n) is 14.3. The Labute approximate surface area is 256 Å². The van der Waals surface area contributed by atoms with Crippen molar-refractivity contribution in [2.45, 2.75) is 72.6 Å². The van der Waals surface area contributed by atoms with E-state index in [1.165, 1.54) is 78.5 Å². The van der Waals surface area contributed by atoms with Gasteiger partial charge in [-0.3, -0.25) is 0 Å². The molecule has 0 aliphatic heterocycles. The second kappa shape index (κ2) is 12.4. The Balaban J connectivity index is 0.000000170. The van der Waals surface area contributed by atoms with Gasteiger partial charge in [0.05, 0.1) is 0 Å². The Kier molecular flexibility index (Phi) is 9.36. The first-order valence-corrected chi connectivity index (χ1v) is 16.1. The summed E-state index contributed by atoms with van der Waals surface area (Å²) in [5.41, 5.74) is 5.74. The summed E-state index contributed by atoms with van der Waals surface area (Å²) >= 11 is 1.27. The van der Waals surface area contributed by atoms with Crippen LogP contribution < -0.4 is 0 Å². The van der Waals surface area contributed by atoms with Crippen LogP contribution in [-0.4, -0.2) is 3.26 Å². The zero-order valence-corrected chi connectivity index (χ0v) is 29.0. The van der Waals surface area contributed by atoms with Gasteiger partial charge in [-0.05, 0) is 16.2 Å². The molecule has 1 aliphatic carbocycles. The topological polar surface area (TPSA) is 0 Å². The minimum Gasteiger partial charge on any atom is -0.197 e. The maximum atomic E-state index is 3.37. The van der Waals surface area contributed by atoms with E-state index >= 15 is 0 Å². The Hall–Kier alpha value is -2.77. The largest absolute Gasteiger partial charge is 0.197 e. The van der Waals surface area contributed by atoms with Gasteiger partial charge in [0.25, 0.3) is 0 Å². The molecule has 0 spiro atoms. The molecule has 0 saturated heterocycles. The van der Waals surface area contributed by atoms with Gasteiger partial charge in [0.1, 0.15) is 0 Å². The van der Waals surface area contributed by atoms with Crippen LogP contribution in [0.5, 0.6) is 0 Å². The van der Waals surface area contributed by atoms with Crippen LogP contribution in [0.2, 0.25) is 0 Å². The Bertz CT molecular complexity index is 1630. The van der Waals surface area contributed by atoms with Crippen LogP contribution in [0.15, 0.2) is 97.1 Å². The summed E-state index contributed by atoms with van der Waals surface area (Å²) in [4.78, 5) is 0. The molecule has 0 bridgehead atoms. The second-order valence-corrected chi connectivity index (χ2v) is 16.6. The van der Waals surface area contributed by atoms with Crippen LogP contribution in [0.3, 0.4) is 0 Å². The molecule has 0 fully saturated rings. The molecular weight excluding hydrogens is 647 g/mol. The van der Waals surface area contributed by atoms with Crippen molar-refractivity contribution < 1.29 is 23.9 Å². The van der Waals surface area contributed by atoms with Gasteiger partial charge in [-0.25, -0.2) is 0 Å². The van der Waals surface area contributed by atoms with Gasteiger partial charge in [0.15, 0.2) is 0 Å². The summed E-state index contributed by atoms with van der Waals surface area (Å²) in [5, 5.41) is 8.09. The van der Waals surface area contributed by atoms with Crippen molar-refractivity contribution in [1.82, 2.24) is 0 Å². The van der Waals surface area contributed by atoms with Crippen molar-refractivity contribution >= 4 is 41.1 Å². The molecule has 0 saturated carbocycles. The van der Waals surface area contributed by atoms with Gasteiger partial charge in [0, 0.05) is 0 Å². The molecule has 0 radical (unpaired) electrons. The third-order valence-electron chi connectivity index (χ3n) is 7.21. The van der Waals surface area contributed by atoms with Gasteiger partial charge in [-0.1, -0.05) is 125 Å². The molecule has 0 N–H and O–H groups in total. The molecule has 0 amide bonds. The molecule has 1 aliphatic rings. The Morgan fingerprint density at radius 1 is 0.700 bits per heavy atom. The summed E-state index contributed by atoms with van der Waals surface area (Å²) in [6.07, 6.45) is 8.62. The third kappa shape index (κ3) is 7.29. The first kappa shape index (κ1) is 30.2. The monoisotopic (exact) mass is 690 g/mol. The van der Waals surface area contributed by atoms with Gasteiger partial charge in [-0.15, -0.1) is 57.4 Å². The summed E-state index contributed by atoms with van der Waals surface area (Å²) in [6.45, 7) is 17.9. The van der Waals surface area contributed by atoms with E-state index in [1.807, 2.05) is 0 Å². The molecule has 0 heterocycles. The van der Waals surface area contributed by atoms with Crippen LogP contribution in [0.25, 0.3) is 37.9 Å². The average Bonchev–Trinajstić information content (AvgIpc) is 3.55. The molecule has 202 valence electrons. The molecule has 5 aromatic carbocycles. The van der Waals surface area contributed by atoms with Gasteiger partial charge < -0.3 is 0 Å². The van der Waals surface area contributed by atoms with Crippen molar-refractivity contribution in [2.75, 3.05) is 0 Å². The maximum absolute atomic E-state index is 3.37. The quantitative estimate of drug-likeness (QED) is 0.121. The van der Waals surface area contributed by atoms with E-state index in [0.29, 0.717) is 0 Å². The van der Waals surface area contributed by atoms with Crippen LogP contribution in [-0.2, 0) is 34.7 Å². The van der Waals surface area contributed by atoms with E-state index in [-0.39, 0.29) is 10.8 Å². The zero-order valence-electron chi connectivity index (χ0n) is 25.4. The summed E-state index contributed by atoms with van der Waals surface area (Å²) < 4.78 is 1.56. The average molecular weight is 689 g/mol. The smallest absolute Gasteiger partial charge is 0.0301 e. The van der Waals surface area contributed by atoms with Gasteiger partial charge in [0.2, 0.25) is 0 Å². The fourth-order valence-corrected chi connectivity index (χ4v) is 5.01. The molecule has 5 aromatic rings. The standard InChI is InChI=1S/C21H25.C15H11.C3H6.Hf/c1-20(2,3)16-7-9-18-14(12-16)11-15-13-17(21(4,5)6)8-10-19(15)18;1-2-7-12(6-1)15-11-5-9-13-8-3-4-10-14(13)15;1-3-2;/h7-13H,1-6H3;1,3-6,8-11H,2H2;1-2H3;/q2*-1;;+2. The van der Waals surface area contributed by atoms with Crippen molar-refractivity contribution in [3.8, 4) is 0 Å². The molecule has 0 unspecified atom stereocenters. The zero-order chi connectivity index (χ0) is 29.1. The number of fused-ring (bicyclic) bond motifs is 4. The number of rotatable bonds is 1. The first-order chi connectivity index (χ1) is 18.8. The summed E-state index contributed by atoms with van der Waals surface area (Å²) in [5.74, 6) is 0. The minimum absolute atomic E-state index is 0.203.